The topological polar surface area (TPSA) is 59.9 Å². The highest BCUT2D eigenvalue weighted by atomic mass is 35.5. The van der Waals surface area contributed by atoms with Crippen molar-refractivity contribution in [2.75, 3.05) is 6.61 Å². The molecule has 0 heterocycles. The van der Waals surface area contributed by atoms with Crippen LogP contribution in [0.1, 0.15) is 5.56 Å². The van der Waals surface area contributed by atoms with Crippen LogP contribution in [-0.4, -0.2) is 18.7 Å². The zero-order valence-electron chi connectivity index (χ0n) is 14.3. The molecule has 0 atom stereocenters. The second-order valence-corrected chi connectivity index (χ2v) is 5.96. The van der Waals surface area contributed by atoms with Gasteiger partial charge in [-0.15, -0.1) is 0 Å². The Labute approximate surface area is 162 Å². The predicted octanol–water partition coefficient (Wildman–Crippen LogP) is 4.66. The summed E-state index contributed by atoms with van der Waals surface area (Å²) in [6, 6.07) is 23.6. The Morgan fingerprint density at radius 1 is 0.926 bits per heavy atom. The number of rotatable bonds is 7. The first-order valence-electron chi connectivity index (χ1n) is 8.22. The Balaban J connectivity index is 1.49. The Morgan fingerprint density at radius 3 is 2.44 bits per heavy atom. The molecule has 0 saturated heterocycles. The van der Waals surface area contributed by atoms with Gasteiger partial charge in [0.05, 0.1) is 6.21 Å². The summed E-state index contributed by atoms with van der Waals surface area (Å²) in [5, 5.41) is 4.54. The van der Waals surface area contributed by atoms with E-state index in [1.165, 1.54) is 6.21 Å². The molecule has 0 aliphatic rings. The zero-order valence-corrected chi connectivity index (χ0v) is 15.1. The van der Waals surface area contributed by atoms with E-state index in [1.807, 2.05) is 54.6 Å². The van der Waals surface area contributed by atoms with E-state index < -0.39 is 0 Å². The summed E-state index contributed by atoms with van der Waals surface area (Å²) in [6.45, 7) is -0.143. The van der Waals surface area contributed by atoms with Gasteiger partial charge in [-0.1, -0.05) is 41.9 Å². The van der Waals surface area contributed by atoms with Crippen LogP contribution in [0, 0.1) is 0 Å². The van der Waals surface area contributed by atoms with Crippen LogP contribution in [0.15, 0.2) is 84.0 Å². The molecule has 0 aromatic heterocycles. The molecule has 136 valence electrons. The van der Waals surface area contributed by atoms with Crippen molar-refractivity contribution in [2.24, 2.45) is 5.10 Å². The predicted molar refractivity (Wildman–Crippen MR) is 106 cm³/mol. The van der Waals surface area contributed by atoms with Crippen LogP contribution in [0.2, 0.25) is 5.02 Å². The molecular formula is C21H17ClN2O3. The molecule has 0 saturated carbocycles. The molecule has 3 rings (SSSR count). The molecule has 0 bridgehead atoms. The molecule has 0 aliphatic carbocycles. The molecule has 0 unspecified atom stereocenters. The summed E-state index contributed by atoms with van der Waals surface area (Å²) >= 11 is 5.79. The van der Waals surface area contributed by atoms with E-state index >= 15 is 0 Å². The summed E-state index contributed by atoms with van der Waals surface area (Å²) in [5.74, 6) is 1.63. The summed E-state index contributed by atoms with van der Waals surface area (Å²) in [7, 11) is 0. The van der Waals surface area contributed by atoms with Crippen LogP contribution < -0.4 is 14.9 Å². The molecule has 5 nitrogen and oxygen atoms in total. The molecule has 27 heavy (non-hydrogen) atoms. The number of hydrogen-bond donors (Lipinski definition) is 1. The third kappa shape index (κ3) is 6.17. The molecule has 1 amide bonds. The fourth-order valence-corrected chi connectivity index (χ4v) is 2.30. The number of carbonyl (C=O) groups excluding carboxylic acids is 1. The molecule has 3 aromatic carbocycles. The lowest BCUT2D eigenvalue weighted by Gasteiger charge is -2.06. The third-order valence-electron chi connectivity index (χ3n) is 3.42. The van der Waals surface area contributed by atoms with Crippen LogP contribution in [0.25, 0.3) is 0 Å². The molecule has 3 aromatic rings. The van der Waals surface area contributed by atoms with Crippen molar-refractivity contribution in [2.45, 2.75) is 0 Å². The number of benzene rings is 3. The highest BCUT2D eigenvalue weighted by molar-refractivity contribution is 6.30. The van der Waals surface area contributed by atoms with Gasteiger partial charge in [0.1, 0.15) is 17.2 Å². The lowest BCUT2D eigenvalue weighted by Crippen LogP contribution is -2.24. The first-order valence-corrected chi connectivity index (χ1v) is 8.60. The number of nitrogens with zero attached hydrogens (tertiary/aromatic N) is 1. The lowest BCUT2D eigenvalue weighted by atomic mass is 10.2. The monoisotopic (exact) mass is 380 g/mol. The maximum Gasteiger partial charge on any atom is 0.277 e. The van der Waals surface area contributed by atoms with Gasteiger partial charge in [0, 0.05) is 5.02 Å². The van der Waals surface area contributed by atoms with E-state index in [-0.39, 0.29) is 12.5 Å². The summed E-state index contributed by atoms with van der Waals surface area (Å²) in [4.78, 5) is 11.8. The zero-order chi connectivity index (χ0) is 18.9. The van der Waals surface area contributed by atoms with Gasteiger partial charge in [-0.25, -0.2) is 5.43 Å². The largest absolute Gasteiger partial charge is 0.484 e. The Hall–Kier alpha value is -3.31. The average Bonchev–Trinajstić information content (AvgIpc) is 2.69. The van der Waals surface area contributed by atoms with Crippen LogP contribution in [0.3, 0.4) is 0 Å². The molecule has 0 spiro atoms. The summed E-state index contributed by atoms with van der Waals surface area (Å²) in [6.07, 6.45) is 1.54. The summed E-state index contributed by atoms with van der Waals surface area (Å²) in [5.41, 5.74) is 3.21. The number of halogens is 1. The summed E-state index contributed by atoms with van der Waals surface area (Å²) < 4.78 is 11.1. The molecule has 0 aliphatic heterocycles. The normalized spacial score (nSPS) is 10.6. The molecule has 0 fully saturated rings. The second-order valence-electron chi connectivity index (χ2n) is 5.52. The third-order valence-corrected chi connectivity index (χ3v) is 3.68. The minimum absolute atomic E-state index is 0.143. The van der Waals surface area contributed by atoms with Crippen LogP contribution in [0.5, 0.6) is 17.2 Å². The fraction of sp³-hybridized carbons (Fsp3) is 0.0476. The number of amides is 1. The lowest BCUT2D eigenvalue weighted by molar-refractivity contribution is -0.123. The highest BCUT2D eigenvalue weighted by Crippen LogP contribution is 2.21. The smallest absolute Gasteiger partial charge is 0.277 e. The van der Waals surface area contributed by atoms with Crippen molar-refractivity contribution in [1.29, 1.82) is 0 Å². The van der Waals surface area contributed by atoms with E-state index in [2.05, 4.69) is 10.5 Å². The van der Waals surface area contributed by atoms with Crippen LogP contribution >= 0.6 is 11.6 Å². The van der Waals surface area contributed by atoms with Crippen molar-refractivity contribution in [3.63, 3.8) is 0 Å². The fourth-order valence-electron chi connectivity index (χ4n) is 2.17. The molecule has 6 heteroatoms. The van der Waals surface area contributed by atoms with Gasteiger partial charge >= 0.3 is 0 Å². The Kier molecular flexibility index (Phi) is 6.44. The van der Waals surface area contributed by atoms with Gasteiger partial charge < -0.3 is 9.47 Å². The quantitative estimate of drug-likeness (QED) is 0.479. The van der Waals surface area contributed by atoms with E-state index in [1.54, 1.807) is 24.3 Å². The van der Waals surface area contributed by atoms with Crippen molar-refractivity contribution in [3.05, 3.63) is 89.4 Å². The van der Waals surface area contributed by atoms with Crippen molar-refractivity contribution >= 4 is 23.7 Å². The van der Waals surface area contributed by atoms with Gasteiger partial charge in [0.2, 0.25) is 0 Å². The Bertz CT molecular complexity index is 912. The van der Waals surface area contributed by atoms with Gasteiger partial charge in [0.15, 0.2) is 6.61 Å². The van der Waals surface area contributed by atoms with E-state index in [4.69, 9.17) is 21.1 Å². The standard InChI is InChI=1S/C21H17ClN2O3/c22-17-9-11-18(12-10-17)26-15-21(25)24-23-14-16-5-4-8-20(13-16)27-19-6-2-1-3-7-19/h1-14H,15H2,(H,24,25)/b23-14+. The second kappa shape index (κ2) is 9.40. The van der Waals surface area contributed by atoms with Crippen LogP contribution in [0.4, 0.5) is 0 Å². The minimum atomic E-state index is -0.363. The van der Waals surface area contributed by atoms with Crippen molar-refractivity contribution in [3.8, 4) is 17.2 Å². The first kappa shape index (κ1) is 18.5. The number of para-hydroxylation sites is 1. The number of hydrazone groups is 1. The van der Waals surface area contributed by atoms with Gasteiger partial charge in [-0.3, -0.25) is 4.79 Å². The number of nitrogens with one attached hydrogen (secondary N) is 1. The molecule has 0 radical (unpaired) electrons. The van der Waals surface area contributed by atoms with E-state index in [9.17, 15) is 4.79 Å². The van der Waals surface area contributed by atoms with Crippen molar-refractivity contribution in [1.82, 2.24) is 5.43 Å². The van der Waals surface area contributed by atoms with Gasteiger partial charge in [0.25, 0.3) is 5.91 Å². The molecule has 1 N–H and O–H groups in total. The highest BCUT2D eigenvalue weighted by Gasteiger charge is 2.02. The number of carbonyl (C=O) groups is 1. The SMILES string of the molecule is O=C(COc1ccc(Cl)cc1)N/N=C/c1cccc(Oc2ccccc2)c1. The minimum Gasteiger partial charge on any atom is -0.484 e. The van der Waals surface area contributed by atoms with Gasteiger partial charge in [-0.05, 0) is 54.1 Å². The number of ether oxygens (including phenoxy) is 2. The Morgan fingerprint density at radius 2 is 1.67 bits per heavy atom. The van der Waals surface area contributed by atoms with E-state index in [0.29, 0.717) is 16.5 Å². The average molecular weight is 381 g/mol. The van der Waals surface area contributed by atoms with Crippen molar-refractivity contribution < 1.29 is 14.3 Å². The maximum atomic E-state index is 11.8. The van der Waals surface area contributed by atoms with Crippen LogP contribution in [-0.2, 0) is 4.79 Å². The maximum absolute atomic E-state index is 11.8. The van der Waals surface area contributed by atoms with Gasteiger partial charge in [-0.2, -0.15) is 5.10 Å². The number of hydrogen-bond acceptors (Lipinski definition) is 4. The molecular weight excluding hydrogens is 364 g/mol. The first-order chi connectivity index (χ1) is 13.2. The van der Waals surface area contributed by atoms with E-state index in [0.717, 1.165) is 11.3 Å².